The zero-order valence-corrected chi connectivity index (χ0v) is 16.5. The summed E-state index contributed by atoms with van der Waals surface area (Å²) in [6, 6.07) is 3.07. The minimum atomic E-state index is -0.626. The summed E-state index contributed by atoms with van der Waals surface area (Å²) in [6.45, 7) is 0.327. The van der Waals surface area contributed by atoms with E-state index in [4.69, 9.17) is 4.74 Å². The van der Waals surface area contributed by atoms with Gasteiger partial charge in [-0.15, -0.1) is 11.8 Å². The number of amides is 1. The highest BCUT2D eigenvalue weighted by atomic mass is 32.2. The van der Waals surface area contributed by atoms with Gasteiger partial charge >= 0.3 is 5.97 Å². The van der Waals surface area contributed by atoms with E-state index >= 15 is 0 Å². The van der Waals surface area contributed by atoms with Crippen LogP contribution in [-0.2, 0) is 14.3 Å². The van der Waals surface area contributed by atoms with Gasteiger partial charge < -0.3 is 10.1 Å². The van der Waals surface area contributed by atoms with Crippen LogP contribution in [0.25, 0.3) is 0 Å². The van der Waals surface area contributed by atoms with Gasteiger partial charge in [0, 0.05) is 11.4 Å². The Labute approximate surface area is 167 Å². The van der Waals surface area contributed by atoms with Crippen LogP contribution in [0.1, 0.15) is 38.5 Å². The van der Waals surface area contributed by atoms with Gasteiger partial charge in [0.2, 0.25) is 0 Å². The van der Waals surface area contributed by atoms with Crippen molar-refractivity contribution >= 4 is 23.6 Å². The summed E-state index contributed by atoms with van der Waals surface area (Å²) in [7, 11) is 0. The Morgan fingerprint density at radius 1 is 1.11 bits per heavy atom. The molecular formula is C21H25F2NO3S. The van der Waals surface area contributed by atoms with Gasteiger partial charge in [-0.2, -0.15) is 0 Å². The SMILES string of the molecule is O=C(COC(=O)CSc1cc(F)ccc1F)NCC12CC3CC(CC(C3)C1)C2. The lowest BCUT2D eigenvalue weighted by Crippen LogP contribution is -2.51. The molecule has 1 N–H and O–H groups in total. The fourth-order valence-electron chi connectivity index (χ4n) is 5.76. The van der Waals surface area contributed by atoms with E-state index in [1.54, 1.807) is 0 Å². The van der Waals surface area contributed by atoms with E-state index < -0.39 is 17.6 Å². The van der Waals surface area contributed by atoms with E-state index in [2.05, 4.69) is 5.32 Å². The van der Waals surface area contributed by atoms with Crippen molar-refractivity contribution in [2.75, 3.05) is 18.9 Å². The lowest BCUT2D eigenvalue weighted by molar-refractivity contribution is -0.146. The smallest absolute Gasteiger partial charge is 0.316 e. The monoisotopic (exact) mass is 409 g/mol. The fourth-order valence-corrected chi connectivity index (χ4v) is 6.51. The van der Waals surface area contributed by atoms with Gasteiger partial charge in [0.25, 0.3) is 5.91 Å². The predicted octanol–water partition coefficient (Wildman–Crippen LogP) is 3.93. The third-order valence-electron chi connectivity index (χ3n) is 6.43. The van der Waals surface area contributed by atoms with Crippen molar-refractivity contribution in [3.05, 3.63) is 29.8 Å². The van der Waals surface area contributed by atoms with Gasteiger partial charge in [0.15, 0.2) is 6.61 Å². The van der Waals surface area contributed by atoms with E-state index in [0.717, 1.165) is 47.7 Å². The summed E-state index contributed by atoms with van der Waals surface area (Å²) >= 11 is 0.852. The van der Waals surface area contributed by atoms with Crippen molar-refractivity contribution in [2.45, 2.75) is 43.4 Å². The van der Waals surface area contributed by atoms with Crippen LogP contribution in [0.4, 0.5) is 8.78 Å². The largest absolute Gasteiger partial charge is 0.455 e. The highest BCUT2D eigenvalue weighted by Crippen LogP contribution is 2.59. The van der Waals surface area contributed by atoms with Crippen molar-refractivity contribution in [3.63, 3.8) is 0 Å². The summed E-state index contributed by atoms with van der Waals surface area (Å²) in [5.74, 6) is 0.199. The maximum absolute atomic E-state index is 13.5. The quantitative estimate of drug-likeness (QED) is 0.548. The van der Waals surface area contributed by atoms with Crippen LogP contribution >= 0.6 is 11.8 Å². The second-order valence-electron chi connectivity index (χ2n) is 8.72. The van der Waals surface area contributed by atoms with Crippen LogP contribution in [0.3, 0.4) is 0 Å². The number of hydrogen-bond acceptors (Lipinski definition) is 4. The number of benzene rings is 1. The van der Waals surface area contributed by atoms with E-state index in [1.807, 2.05) is 0 Å². The molecule has 5 rings (SSSR count). The van der Waals surface area contributed by atoms with Crippen LogP contribution in [0.15, 0.2) is 23.1 Å². The average Bonchev–Trinajstić information content (AvgIpc) is 2.64. The first-order valence-corrected chi connectivity index (χ1v) is 10.9. The molecule has 4 saturated carbocycles. The molecule has 7 heteroatoms. The molecule has 4 fully saturated rings. The molecule has 1 aromatic rings. The second kappa shape index (κ2) is 8.01. The number of thioether (sulfide) groups is 1. The standard InChI is InChI=1S/C21H25F2NO3S/c22-16-1-2-17(23)18(6-16)28-11-20(26)27-10-19(25)24-12-21-7-13-3-14(8-21)5-15(4-13)9-21/h1-2,6,13-15H,3-5,7-12H2,(H,24,25). The van der Waals surface area contributed by atoms with E-state index in [1.165, 1.54) is 38.5 Å². The number of esters is 1. The Balaban J connectivity index is 1.18. The first kappa shape index (κ1) is 19.7. The molecule has 4 aliphatic rings. The summed E-state index contributed by atoms with van der Waals surface area (Å²) in [4.78, 5) is 24.0. The summed E-state index contributed by atoms with van der Waals surface area (Å²) in [6.07, 6.45) is 7.68. The van der Waals surface area contributed by atoms with Gasteiger partial charge in [-0.05, 0) is 79.9 Å². The Morgan fingerprint density at radius 2 is 1.75 bits per heavy atom. The summed E-state index contributed by atoms with van der Waals surface area (Å²) in [5.41, 5.74) is 0.235. The lowest BCUT2D eigenvalue weighted by Gasteiger charge is -2.56. The van der Waals surface area contributed by atoms with Crippen LogP contribution < -0.4 is 5.32 Å². The zero-order chi connectivity index (χ0) is 19.7. The average molecular weight is 409 g/mol. The van der Waals surface area contributed by atoms with Gasteiger partial charge in [-0.25, -0.2) is 8.78 Å². The number of ether oxygens (including phenoxy) is 1. The molecular weight excluding hydrogens is 384 g/mol. The molecule has 0 heterocycles. The Bertz CT molecular complexity index is 735. The molecule has 4 aliphatic carbocycles. The molecule has 4 nitrogen and oxygen atoms in total. The number of halogens is 2. The van der Waals surface area contributed by atoms with Crippen molar-refractivity contribution < 1.29 is 23.1 Å². The molecule has 28 heavy (non-hydrogen) atoms. The molecule has 1 amide bonds. The maximum atomic E-state index is 13.5. The number of hydrogen-bond donors (Lipinski definition) is 1. The van der Waals surface area contributed by atoms with Crippen molar-refractivity contribution in [2.24, 2.45) is 23.2 Å². The molecule has 152 valence electrons. The van der Waals surface area contributed by atoms with Crippen LogP contribution in [0.5, 0.6) is 0 Å². The molecule has 0 saturated heterocycles. The van der Waals surface area contributed by atoms with E-state index in [9.17, 15) is 18.4 Å². The van der Waals surface area contributed by atoms with Crippen molar-refractivity contribution in [3.8, 4) is 0 Å². The Morgan fingerprint density at radius 3 is 2.39 bits per heavy atom. The third-order valence-corrected chi connectivity index (χ3v) is 7.43. The maximum Gasteiger partial charge on any atom is 0.316 e. The molecule has 0 radical (unpaired) electrons. The Kier molecular flexibility index (Phi) is 5.63. The molecule has 0 atom stereocenters. The zero-order valence-electron chi connectivity index (χ0n) is 15.7. The first-order chi connectivity index (χ1) is 13.4. The fraction of sp³-hybridized carbons (Fsp3) is 0.619. The summed E-state index contributed by atoms with van der Waals surface area (Å²) in [5, 5.41) is 2.95. The van der Waals surface area contributed by atoms with Crippen molar-refractivity contribution in [1.82, 2.24) is 5.32 Å². The minimum absolute atomic E-state index is 0.0446. The first-order valence-electron chi connectivity index (χ1n) is 9.91. The number of nitrogens with one attached hydrogen (secondary N) is 1. The molecule has 0 unspecified atom stereocenters. The van der Waals surface area contributed by atoms with Crippen molar-refractivity contribution in [1.29, 1.82) is 0 Å². The second-order valence-corrected chi connectivity index (χ2v) is 9.74. The van der Waals surface area contributed by atoms with E-state index in [-0.39, 0.29) is 28.6 Å². The molecule has 4 bridgehead atoms. The van der Waals surface area contributed by atoms with Crippen LogP contribution in [-0.4, -0.2) is 30.8 Å². The van der Waals surface area contributed by atoms with Crippen LogP contribution in [0.2, 0.25) is 0 Å². The highest BCUT2D eigenvalue weighted by molar-refractivity contribution is 8.00. The summed E-state index contributed by atoms with van der Waals surface area (Å²) < 4.78 is 31.6. The van der Waals surface area contributed by atoms with Gasteiger partial charge in [0.1, 0.15) is 11.6 Å². The normalized spacial score (nSPS) is 30.3. The molecule has 0 aliphatic heterocycles. The van der Waals surface area contributed by atoms with Gasteiger partial charge in [0.05, 0.1) is 5.75 Å². The minimum Gasteiger partial charge on any atom is -0.455 e. The van der Waals surface area contributed by atoms with Crippen LogP contribution in [0, 0.1) is 34.8 Å². The molecule has 0 aromatic heterocycles. The number of rotatable bonds is 7. The van der Waals surface area contributed by atoms with Gasteiger partial charge in [-0.1, -0.05) is 0 Å². The molecule has 1 aromatic carbocycles. The highest BCUT2D eigenvalue weighted by Gasteiger charge is 2.50. The third kappa shape index (κ3) is 4.50. The topological polar surface area (TPSA) is 55.4 Å². The Hall–Kier alpha value is -1.63. The van der Waals surface area contributed by atoms with E-state index in [0.29, 0.717) is 6.54 Å². The predicted molar refractivity (Wildman–Crippen MR) is 102 cm³/mol. The lowest BCUT2D eigenvalue weighted by atomic mass is 9.49. The molecule has 0 spiro atoms. The number of carbonyl (C=O) groups excluding carboxylic acids is 2. The van der Waals surface area contributed by atoms with Gasteiger partial charge in [-0.3, -0.25) is 9.59 Å². The number of carbonyl (C=O) groups is 2.